The summed E-state index contributed by atoms with van der Waals surface area (Å²) in [6, 6.07) is 14.3. The molecular weight excluding hydrogens is 242 g/mol. The van der Waals surface area contributed by atoms with Crippen molar-refractivity contribution in [2.75, 3.05) is 0 Å². The summed E-state index contributed by atoms with van der Waals surface area (Å²) >= 11 is 1.62. The van der Waals surface area contributed by atoms with Crippen molar-refractivity contribution in [3.8, 4) is 0 Å². The van der Waals surface area contributed by atoms with Crippen LogP contribution in [-0.4, -0.2) is 9.97 Å². The molecule has 0 radical (unpaired) electrons. The highest BCUT2D eigenvalue weighted by molar-refractivity contribution is 7.99. The fourth-order valence-corrected chi connectivity index (χ4v) is 2.74. The average Bonchev–Trinajstić information content (AvgIpc) is 2.81. The van der Waals surface area contributed by atoms with Gasteiger partial charge >= 0.3 is 0 Å². The number of aromatic nitrogens is 2. The Hall–Kier alpha value is -1.78. The highest BCUT2D eigenvalue weighted by atomic mass is 32.2. The second-order valence-electron chi connectivity index (χ2n) is 4.03. The first-order chi connectivity index (χ1) is 8.85. The molecule has 0 bridgehead atoms. The van der Waals surface area contributed by atoms with Crippen LogP contribution in [0.25, 0.3) is 10.9 Å². The Morgan fingerprint density at radius 1 is 1.17 bits per heavy atom. The van der Waals surface area contributed by atoms with Gasteiger partial charge in [0, 0.05) is 23.6 Å². The van der Waals surface area contributed by atoms with Crippen molar-refractivity contribution in [2.45, 2.75) is 16.6 Å². The summed E-state index contributed by atoms with van der Waals surface area (Å²) in [5.41, 5.74) is 7.88. The molecule has 3 N–H and O–H groups in total. The summed E-state index contributed by atoms with van der Waals surface area (Å²) < 4.78 is 0. The minimum atomic E-state index is 0.544. The number of pyridine rings is 1. The third kappa shape index (κ3) is 2.25. The number of nitrogens with one attached hydrogen (secondary N) is 1. The minimum absolute atomic E-state index is 0.544. The normalized spacial score (nSPS) is 10.9. The molecule has 0 saturated carbocycles. The molecule has 0 unspecified atom stereocenters. The first-order valence-electron chi connectivity index (χ1n) is 5.76. The molecule has 90 valence electrons. The number of para-hydroxylation sites is 1. The third-order valence-electron chi connectivity index (χ3n) is 2.75. The van der Waals surface area contributed by atoms with Crippen LogP contribution in [-0.2, 0) is 6.54 Å². The summed E-state index contributed by atoms with van der Waals surface area (Å²) in [6.07, 6.45) is 1.80. The smallest absolute Gasteiger partial charge is 0.102 e. The van der Waals surface area contributed by atoms with E-state index in [1.54, 1.807) is 18.0 Å². The van der Waals surface area contributed by atoms with E-state index < -0.39 is 0 Å². The van der Waals surface area contributed by atoms with E-state index >= 15 is 0 Å². The van der Waals surface area contributed by atoms with Gasteiger partial charge in [-0.3, -0.25) is 0 Å². The second-order valence-corrected chi connectivity index (χ2v) is 5.09. The molecule has 0 aliphatic heterocycles. The van der Waals surface area contributed by atoms with Crippen LogP contribution in [0, 0.1) is 0 Å². The Kier molecular flexibility index (Phi) is 3.04. The van der Waals surface area contributed by atoms with Crippen LogP contribution in [0.1, 0.15) is 5.56 Å². The highest BCUT2D eigenvalue weighted by Gasteiger charge is 2.03. The third-order valence-corrected chi connectivity index (χ3v) is 3.63. The molecule has 0 atom stereocenters. The number of hydrogen-bond donors (Lipinski definition) is 2. The van der Waals surface area contributed by atoms with E-state index in [1.165, 1.54) is 5.39 Å². The van der Waals surface area contributed by atoms with Gasteiger partial charge in [0.25, 0.3) is 0 Å². The van der Waals surface area contributed by atoms with Gasteiger partial charge in [-0.2, -0.15) is 0 Å². The minimum Gasteiger partial charge on any atom is -0.349 e. The fraction of sp³-hybridized carbons (Fsp3) is 0.0714. The molecule has 3 nitrogen and oxygen atoms in total. The van der Waals surface area contributed by atoms with Crippen LogP contribution in [0.3, 0.4) is 0 Å². The van der Waals surface area contributed by atoms with Gasteiger partial charge < -0.3 is 10.7 Å². The Morgan fingerprint density at radius 2 is 2.06 bits per heavy atom. The molecule has 0 aliphatic rings. The predicted octanol–water partition coefficient (Wildman–Crippen LogP) is 3.17. The summed E-state index contributed by atoms with van der Waals surface area (Å²) in [6.45, 7) is 0.544. The number of rotatable bonds is 3. The average molecular weight is 255 g/mol. The van der Waals surface area contributed by atoms with Crippen molar-refractivity contribution in [3.63, 3.8) is 0 Å². The zero-order valence-corrected chi connectivity index (χ0v) is 10.6. The standard InChI is InChI=1S/C14H13N3S/c15-9-10-5-6-16-13(7-10)18-14-8-11-3-1-2-4-12(11)17-14/h1-8,17H,9,15H2. The predicted molar refractivity (Wildman–Crippen MR) is 74.6 cm³/mol. The van der Waals surface area contributed by atoms with Crippen LogP contribution in [0.15, 0.2) is 58.7 Å². The van der Waals surface area contributed by atoms with E-state index in [0.717, 1.165) is 21.1 Å². The lowest BCUT2D eigenvalue weighted by Crippen LogP contribution is -1.96. The van der Waals surface area contributed by atoms with E-state index in [4.69, 9.17) is 5.73 Å². The summed E-state index contributed by atoms with van der Waals surface area (Å²) in [5.74, 6) is 0. The summed E-state index contributed by atoms with van der Waals surface area (Å²) in [4.78, 5) is 7.71. The van der Waals surface area contributed by atoms with Crippen LogP contribution < -0.4 is 5.73 Å². The van der Waals surface area contributed by atoms with Gasteiger partial charge in [-0.25, -0.2) is 4.98 Å². The van der Waals surface area contributed by atoms with Crippen molar-refractivity contribution >= 4 is 22.7 Å². The molecule has 0 aliphatic carbocycles. The van der Waals surface area contributed by atoms with Gasteiger partial charge in [-0.1, -0.05) is 30.0 Å². The molecule has 3 aromatic rings. The SMILES string of the molecule is NCc1ccnc(Sc2cc3ccccc3[nH]2)c1. The summed E-state index contributed by atoms with van der Waals surface area (Å²) in [7, 11) is 0. The lowest BCUT2D eigenvalue weighted by molar-refractivity contribution is 1.02. The largest absolute Gasteiger partial charge is 0.349 e. The van der Waals surface area contributed by atoms with E-state index in [0.29, 0.717) is 6.54 Å². The van der Waals surface area contributed by atoms with Crippen molar-refractivity contribution in [2.24, 2.45) is 5.73 Å². The zero-order valence-electron chi connectivity index (χ0n) is 9.76. The quantitative estimate of drug-likeness (QED) is 0.755. The molecule has 3 rings (SSSR count). The number of H-pyrrole nitrogens is 1. The van der Waals surface area contributed by atoms with E-state index in [1.807, 2.05) is 24.3 Å². The maximum atomic E-state index is 5.63. The highest BCUT2D eigenvalue weighted by Crippen LogP contribution is 2.28. The van der Waals surface area contributed by atoms with Crippen LogP contribution >= 0.6 is 11.8 Å². The van der Waals surface area contributed by atoms with E-state index in [2.05, 4.69) is 28.2 Å². The Morgan fingerprint density at radius 3 is 2.89 bits per heavy atom. The lowest BCUT2D eigenvalue weighted by Gasteiger charge is -2.00. The number of hydrogen-bond acceptors (Lipinski definition) is 3. The summed E-state index contributed by atoms with van der Waals surface area (Å²) in [5, 5.41) is 3.28. The molecule has 2 heterocycles. The van der Waals surface area contributed by atoms with Gasteiger partial charge in [-0.05, 0) is 29.8 Å². The van der Waals surface area contributed by atoms with Gasteiger partial charge in [0.05, 0.1) is 5.03 Å². The molecule has 0 spiro atoms. The molecule has 2 aromatic heterocycles. The van der Waals surface area contributed by atoms with Gasteiger partial charge in [0.15, 0.2) is 0 Å². The monoisotopic (exact) mass is 255 g/mol. The molecule has 0 fully saturated rings. The second kappa shape index (κ2) is 4.84. The topological polar surface area (TPSA) is 54.7 Å². The number of nitrogens with zero attached hydrogens (tertiary/aromatic N) is 1. The molecule has 0 amide bonds. The van der Waals surface area contributed by atoms with Crippen LogP contribution in [0.5, 0.6) is 0 Å². The van der Waals surface area contributed by atoms with Crippen molar-refractivity contribution < 1.29 is 0 Å². The number of nitrogens with two attached hydrogens (primary N) is 1. The molecule has 0 saturated heterocycles. The number of benzene rings is 1. The maximum absolute atomic E-state index is 5.63. The first-order valence-corrected chi connectivity index (χ1v) is 6.57. The van der Waals surface area contributed by atoms with Crippen LogP contribution in [0.2, 0.25) is 0 Å². The fourth-order valence-electron chi connectivity index (χ4n) is 1.85. The molecule has 1 aromatic carbocycles. The van der Waals surface area contributed by atoms with E-state index in [9.17, 15) is 0 Å². The zero-order chi connectivity index (χ0) is 12.4. The van der Waals surface area contributed by atoms with Crippen molar-refractivity contribution in [1.82, 2.24) is 9.97 Å². The molecular formula is C14H13N3S. The maximum Gasteiger partial charge on any atom is 0.102 e. The Balaban J connectivity index is 1.91. The van der Waals surface area contributed by atoms with Crippen LogP contribution in [0.4, 0.5) is 0 Å². The molecule has 18 heavy (non-hydrogen) atoms. The van der Waals surface area contributed by atoms with Gasteiger partial charge in [-0.15, -0.1) is 0 Å². The lowest BCUT2D eigenvalue weighted by atomic mass is 10.3. The van der Waals surface area contributed by atoms with E-state index in [-0.39, 0.29) is 0 Å². The number of fused-ring (bicyclic) bond motifs is 1. The van der Waals surface area contributed by atoms with Gasteiger partial charge in [0.1, 0.15) is 5.03 Å². The van der Waals surface area contributed by atoms with Gasteiger partial charge in [0.2, 0.25) is 0 Å². The Bertz CT molecular complexity index is 642. The van der Waals surface area contributed by atoms with Crippen molar-refractivity contribution in [1.29, 1.82) is 0 Å². The molecule has 4 heteroatoms. The Labute approximate surface area is 109 Å². The van der Waals surface area contributed by atoms with Crippen molar-refractivity contribution in [3.05, 3.63) is 54.2 Å². The number of aromatic amines is 1. The first kappa shape index (κ1) is 11.3.